The predicted molar refractivity (Wildman–Crippen MR) is 109 cm³/mol. The normalized spacial score (nSPS) is 30.3. The number of phenols is 1. The molecule has 6 N–H and O–H groups in total. The number of nitrogens with two attached hydrogens (primary N) is 1. The summed E-state index contributed by atoms with van der Waals surface area (Å²) in [5, 5.41) is 43.4. The lowest BCUT2D eigenvalue weighted by atomic mass is 9.57. The van der Waals surface area contributed by atoms with Crippen LogP contribution in [0.2, 0.25) is 0 Å². The first-order valence-electron chi connectivity index (χ1n) is 9.88. The van der Waals surface area contributed by atoms with Crippen LogP contribution >= 0.6 is 0 Å². The minimum atomic E-state index is -2.61. The Morgan fingerprint density at radius 1 is 1.19 bits per heavy atom. The number of rotatable bonds is 2. The average molecular weight is 428 g/mol. The van der Waals surface area contributed by atoms with Crippen LogP contribution in [0.15, 0.2) is 29.0 Å². The number of hydrogen-bond donors (Lipinski definition) is 5. The molecule has 0 aliphatic heterocycles. The van der Waals surface area contributed by atoms with Crippen LogP contribution < -0.4 is 5.73 Å². The molecule has 3 aliphatic rings. The van der Waals surface area contributed by atoms with Gasteiger partial charge < -0.3 is 26.2 Å². The van der Waals surface area contributed by atoms with E-state index in [1.165, 1.54) is 11.0 Å². The van der Waals surface area contributed by atoms with Gasteiger partial charge >= 0.3 is 0 Å². The number of likely N-dealkylation sites (N-methyl/N-ethyl adjacent to an activating group) is 1. The van der Waals surface area contributed by atoms with E-state index in [4.69, 9.17) is 5.73 Å². The largest absolute Gasteiger partial charge is 0.508 e. The highest BCUT2D eigenvalue weighted by atomic mass is 16.3. The van der Waals surface area contributed by atoms with Crippen LogP contribution in [0.25, 0.3) is 5.76 Å². The topological polar surface area (TPSA) is 161 Å². The van der Waals surface area contributed by atoms with Gasteiger partial charge in [0, 0.05) is 11.5 Å². The summed E-state index contributed by atoms with van der Waals surface area (Å²) in [4.78, 5) is 39.9. The van der Waals surface area contributed by atoms with Crippen molar-refractivity contribution >= 4 is 23.2 Å². The molecule has 0 radical (unpaired) electrons. The van der Waals surface area contributed by atoms with Gasteiger partial charge in [-0.25, -0.2) is 0 Å². The first-order valence-corrected chi connectivity index (χ1v) is 9.88. The molecule has 1 amide bonds. The van der Waals surface area contributed by atoms with Crippen LogP contribution in [0.1, 0.15) is 23.1 Å². The van der Waals surface area contributed by atoms with E-state index in [0.717, 1.165) is 5.56 Å². The number of aryl methyl sites for hydroxylation is 1. The Kier molecular flexibility index (Phi) is 4.53. The first kappa shape index (κ1) is 21.1. The quantitative estimate of drug-likeness (QED) is 0.420. The second kappa shape index (κ2) is 6.66. The lowest BCUT2D eigenvalue weighted by molar-refractivity contribution is -0.153. The van der Waals surface area contributed by atoms with Gasteiger partial charge in [0.2, 0.25) is 5.78 Å². The van der Waals surface area contributed by atoms with Crippen LogP contribution in [0.4, 0.5) is 0 Å². The Balaban J connectivity index is 1.98. The third-order valence-corrected chi connectivity index (χ3v) is 6.67. The van der Waals surface area contributed by atoms with E-state index >= 15 is 0 Å². The van der Waals surface area contributed by atoms with E-state index in [1.54, 1.807) is 27.1 Å². The highest BCUT2D eigenvalue weighted by Gasteiger charge is 2.64. The number of carbonyl (C=O) groups excluding carboxylic acids is 3. The van der Waals surface area contributed by atoms with Gasteiger partial charge in [-0.2, -0.15) is 0 Å². The summed E-state index contributed by atoms with van der Waals surface area (Å²) < 4.78 is 0. The van der Waals surface area contributed by atoms with E-state index < -0.39 is 58.0 Å². The van der Waals surface area contributed by atoms with Crippen molar-refractivity contribution in [3.05, 3.63) is 45.7 Å². The Labute approximate surface area is 178 Å². The van der Waals surface area contributed by atoms with Crippen molar-refractivity contribution in [1.82, 2.24) is 4.90 Å². The smallest absolute Gasteiger partial charge is 0.255 e. The van der Waals surface area contributed by atoms with E-state index in [-0.39, 0.29) is 23.3 Å². The fourth-order valence-corrected chi connectivity index (χ4v) is 5.43. The summed E-state index contributed by atoms with van der Waals surface area (Å²) in [6, 6.07) is 2.17. The summed E-state index contributed by atoms with van der Waals surface area (Å²) in [6.07, 6.45) is 0.379. The number of hydrogen-bond acceptors (Lipinski definition) is 8. The molecule has 0 aromatic heterocycles. The summed E-state index contributed by atoms with van der Waals surface area (Å²) >= 11 is 0. The third kappa shape index (κ3) is 2.66. The molecular weight excluding hydrogens is 404 g/mol. The van der Waals surface area contributed by atoms with Gasteiger partial charge in [-0.3, -0.25) is 19.3 Å². The van der Waals surface area contributed by atoms with Crippen LogP contribution in [0.3, 0.4) is 0 Å². The number of ketones is 2. The zero-order valence-corrected chi connectivity index (χ0v) is 17.3. The molecule has 1 aromatic carbocycles. The second-order valence-corrected chi connectivity index (χ2v) is 8.78. The lowest BCUT2D eigenvalue weighted by Crippen LogP contribution is -2.65. The Morgan fingerprint density at radius 2 is 1.84 bits per heavy atom. The van der Waals surface area contributed by atoms with Crippen LogP contribution in [0.5, 0.6) is 5.75 Å². The summed E-state index contributed by atoms with van der Waals surface area (Å²) in [5.74, 6) is -6.41. The van der Waals surface area contributed by atoms with E-state index in [0.29, 0.717) is 12.0 Å². The molecule has 0 bridgehead atoms. The highest BCUT2D eigenvalue weighted by molar-refractivity contribution is 6.24. The SMILES string of the molecule is Cc1cc(O)c2c(c1)C[C@H]1C[C@H]3[C@H](N(C)C)C(=O)C(C(N)=O)=C(O)[C@@]3(O)C(=O)C1=C2O. The molecule has 4 rings (SSSR count). The molecule has 164 valence electrons. The van der Waals surface area contributed by atoms with E-state index in [1.807, 2.05) is 0 Å². The Bertz CT molecular complexity index is 1120. The number of primary amides is 1. The van der Waals surface area contributed by atoms with Crippen molar-refractivity contribution < 1.29 is 34.8 Å². The maximum Gasteiger partial charge on any atom is 0.255 e. The summed E-state index contributed by atoms with van der Waals surface area (Å²) in [5.41, 5.74) is 3.22. The third-order valence-electron chi connectivity index (χ3n) is 6.67. The van der Waals surface area contributed by atoms with Crippen LogP contribution in [-0.4, -0.2) is 68.5 Å². The van der Waals surface area contributed by atoms with Gasteiger partial charge in [0.1, 0.15) is 22.8 Å². The van der Waals surface area contributed by atoms with Crippen LogP contribution in [0, 0.1) is 18.8 Å². The number of phenolic OH excluding ortho intramolecular Hbond substituents is 1. The minimum absolute atomic E-state index is 0.0838. The number of benzene rings is 1. The standard InChI is InChI=1S/C22H24N2O7/c1-8-4-9-6-10-7-11-16(24(2)3)18(27)15(21(23)30)20(29)22(11,31)19(28)14(10)17(26)13(9)12(25)5-8/h4-5,10-11,16,25-26,29,31H,6-7H2,1-3H3,(H2,23,30)/t10-,11-,16-,22-/m0/s1. The molecule has 3 aliphatic carbocycles. The predicted octanol–water partition coefficient (Wildman–Crippen LogP) is 0.272. The molecule has 4 atom stereocenters. The van der Waals surface area contributed by atoms with Crippen molar-refractivity contribution in [2.24, 2.45) is 17.6 Å². The Hall–Kier alpha value is -3.17. The molecule has 0 unspecified atom stereocenters. The average Bonchev–Trinajstić information content (AvgIpc) is 2.63. The van der Waals surface area contributed by atoms with Gasteiger partial charge in [-0.05, 0) is 57.0 Å². The number of amides is 1. The molecule has 0 heterocycles. The van der Waals surface area contributed by atoms with Gasteiger partial charge in [-0.1, -0.05) is 6.07 Å². The molecule has 1 saturated carbocycles. The van der Waals surface area contributed by atoms with Crippen molar-refractivity contribution in [2.45, 2.75) is 31.4 Å². The zero-order valence-electron chi connectivity index (χ0n) is 17.3. The van der Waals surface area contributed by atoms with Gasteiger partial charge in [0.25, 0.3) is 5.91 Å². The monoisotopic (exact) mass is 428 g/mol. The number of carbonyl (C=O) groups is 3. The minimum Gasteiger partial charge on any atom is -0.508 e. The number of fused-ring (bicyclic) bond motifs is 3. The fraction of sp³-hybridized carbons (Fsp3) is 0.409. The van der Waals surface area contributed by atoms with E-state index in [2.05, 4.69) is 0 Å². The van der Waals surface area contributed by atoms with Crippen LogP contribution in [-0.2, 0) is 20.8 Å². The van der Waals surface area contributed by atoms with Gasteiger partial charge in [0.05, 0.1) is 11.6 Å². The fourth-order valence-electron chi connectivity index (χ4n) is 5.43. The number of aliphatic hydroxyl groups is 3. The molecule has 9 nitrogen and oxygen atoms in total. The first-order chi connectivity index (χ1) is 14.4. The summed E-state index contributed by atoms with van der Waals surface area (Å²) in [7, 11) is 3.13. The maximum absolute atomic E-state index is 13.5. The zero-order chi connectivity index (χ0) is 23.0. The van der Waals surface area contributed by atoms with Crippen molar-refractivity contribution in [3.8, 4) is 5.75 Å². The molecule has 9 heteroatoms. The number of aromatic hydroxyl groups is 1. The summed E-state index contributed by atoms with van der Waals surface area (Å²) in [6.45, 7) is 1.79. The highest BCUT2D eigenvalue weighted by Crippen LogP contribution is 2.52. The van der Waals surface area contributed by atoms with Crippen molar-refractivity contribution in [1.29, 1.82) is 0 Å². The molecule has 0 spiro atoms. The van der Waals surface area contributed by atoms with E-state index in [9.17, 15) is 34.8 Å². The number of aliphatic hydroxyl groups excluding tert-OH is 2. The molecule has 1 fully saturated rings. The molecule has 0 saturated heterocycles. The lowest BCUT2D eigenvalue weighted by Gasteiger charge is -2.50. The second-order valence-electron chi connectivity index (χ2n) is 8.78. The molecular formula is C22H24N2O7. The molecule has 31 heavy (non-hydrogen) atoms. The van der Waals surface area contributed by atoms with Crippen molar-refractivity contribution in [3.63, 3.8) is 0 Å². The molecule has 1 aromatic rings. The number of nitrogens with zero attached hydrogens (tertiary/aromatic N) is 1. The number of Topliss-reactive ketones (excluding diaryl/α,β-unsaturated/α-hetero) is 2. The van der Waals surface area contributed by atoms with Gasteiger partial charge in [-0.15, -0.1) is 0 Å². The maximum atomic E-state index is 13.5. The van der Waals surface area contributed by atoms with Crippen molar-refractivity contribution in [2.75, 3.05) is 14.1 Å². The Morgan fingerprint density at radius 3 is 2.42 bits per heavy atom. The van der Waals surface area contributed by atoms with Gasteiger partial charge in [0.15, 0.2) is 11.4 Å².